The van der Waals surface area contributed by atoms with Crippen molar-refractivity contribution in [2.45, 2.75) is 57.8 Å². The third-order valence-corrected chi connectivity index (χ3v) is 7.58. The van der Waals surface area contributed by atoms with E-state index in [1.54, 1.807) is 12.1 Å². The number of nitrogens with zero attached hydrogens (tertiary/aromatic N) is 3. The molecular formula is C29H40Cl2FN3O3. The van der Waals surface area contributed by atoms with Crippen molar-refractivity contribution in [2.75, 3.05) is 40.3 Å². The van der Waals surface area contributed by atoms with E-state index in [-0.39, 0.29) is 30.6 Å². The van der Waals surface area contributed by atoms with E-state index in [0.29, 0.717) is 18.5 Å². The minimum Gasteiger partial charge on any atom is -0.489 e. The number of benzene rings is 2. The molecule has 1 aromatic heterocycles. The van der Waals surface area contributed by atoms with E-state index in [4.69, 9.17) is 14.0 Å². The van der Waals surface area contributed by atoms with Gasteiger partial charge in [0.1, 0.15) is 18.2 Å². The van der Waals surface area contributed by atoms with Crippen LogP contribution in [0.4, 0.5) is 4.39 Å². The number of ether oxygens (including phenoxy) is 2. The van der Waals surface area contributed by atoms with Crippen molar-refractivity contribution in [3.63, 3.8) is 0 Å². The zero-order valence-electron chi connectivity index (χ0n) is 22.4. The average Bonchev–Trinajstić information content (AvgIpc) is 3.54. The molecule has 0 radical (unpaired) electrons. The van der Waals surface area contributed by atoms with Crippen molar-refractivity contribution in [3.8, 4) is 5.75 Å². The Balaban J connectivity index is 0.00000200. The summed E-state index contributed by atoms with van der Waals surface area (Å²) < 4.78 is 30.9. The predicted octanol–water partition coefficient (Wildman–Crippen LogP) is 6.27. The maximum Gasteiger partial charge on any atom is 0.172 e. The van der Waals surface area contributed by atoms with Gasteiger partial charge in [-0.3, -0.25) is 0 Å². The van der Waals surface area contributed by atoms with Crippen molar-refractivity contribution in [3.05, 3.63) is 59.0 Å². The van der Waals surface area contributed by atoms with E-state index in [1.807, 2.05) is 14.1 Å². The van der Waals surface area contributed by atoms with Crippen molar-refractivity contribution < 1.29 is 18.4 Å². The molecule has 2 aliphatic rings. The Hall–Kier alpha value is -1.90. The topological polar surface area (TPSA) is 51.0 Å². The van der Waals surface area contributed by atoms with Crippen LogP contribution in [0.5, 0.6) is 5.75 Å². The average molecular weight is 569 g/mol. The number of halogens is 3. The Bertz CT molecular complexity index is 1130. The highest BCUT2D eigenvalue weighted by Crippen LogP contribution is 2.30. The molecule has 3 aromatic rings. The van der Waals surface area contributed by atoms with Gasteiger partial charge in [-0.2, -0.15) is 0 Å². The second-order valence-corrected chi connectivity index (χ2v) is 10.6. The zero-order valence-corrected chi connectivity index (χ0v) is 24.0. The minimum atomic E-state index is -0.268. The molecule has 0 bridgehead atoms. The SMILES string of the molecule is CN(C)Cc1c(COc2ccc(F)cc2)ccc2c(CCC3CCN(CC4CCCO4)CC3)noc12.Cl.Cl. The Morgan fingerprint density at radius 3 is 2.50 bits per heavy atom. The lowest BCUT2D eigenvalue weighted by Crippen LogP contribution is -2.38. The largest absolute Gasteiger partial charge is 0.489 e. The molecule has 0 spiro atoms. The van der Waals surface area contributed by atoms with E-state index in [0.717, 1.165) is 66.2 Å². The van der Waals surface area contributed by atoms with Gasteiger partial charge in [0.25, 0.3) is 0 Å². The van der Waals surface area contributed by atoms with Gasteiger partial charge in [0.05, 0.1) is 11.8 Å². The second-order valence-electron chi connectivity index (χ2n) is 10.6. The van der Waals surface area contributed by atoms with Crippen LogP contribution in [0.1, 0.15) is 48.9 Å². The summed E-state index contributed by atoms with van der Waals surface area (Å²) >= 11 is 0. The van der Waals surface area contributed by atoms with Crippen molar-refractivity contribution in [1.82, 2.24) is 15.0 Å². The van der Waals surface area contributed by atoms with Crippen LogP contribution in [0.15, 0.2) is 40.9 Å². The molecule has 6 nitrogen and oxygen atoms in total. The van der Waals surface area contributed by atoms with Crippen LogP contribution in [-0.2, 0) is 24.3 Å². The smallest absolute Gasteiger partial charge is 0.172 e. The summed E-state index contributed by atoms with van der Waals surface area (Å²) in [5, 5.41) is 5.60. The molecule has 0 amide bonds. The number of likely N-dealkylation sites (tertiary alicyclic amines) is 1. The molecular weight excluding hydrogens is 528 g/mol. The molecule has 3 heterocycles. The highest BCUT2D eigenvalue weighted by atomic mass is 35.5. The molecule has 210 valence electrons. The zero-order chi connectivity index (χ0) is 24.9. The van der Waals surface area contributed by atoms with Gasteiger partial charge in [-0.1, -0.05) is 11.2 Å². The molecule has 2 aromatic carbocycles. The summed E-state index contributed by atoms with van der Waals surface area (Å²) in [6, 6.07) is 10.4. The lowest BCUT2D eigenvalue weighted by Gasteiger charge is -2.33. The number of piperidine rings is 1. The molecule has 1 atom stereocenters. The van der Waals surface area contributed by atoms with E-state index in [2.05, 4.69) is 27.1 Å². The lowest BCUT2D eigenvalue weighted by atomic mass is 9.90. The number of hydrogen-bond donors (Lipinski definition) is 0. The predicted molar refractivity (Wildman–Crippen MR) is 153 cm³/mol. The molecule has 1 unspecified atom stereocenters. The number of hydrogen-bond acceptors (Lipinski definition) is 6. The highest BCUT2D eigenvalue weighted by molar-refractivity contribution is 5.85. The maximum absolute atomic E-state index is 13.2. The maximum atomic E-state index is 13.2. The number of aromatic nitrogens is 1. The number of rotatable bonds is 10. The third-order valence-electron chi connectivity index (χ3n) is 7.58. The van der Waals surface area contributed by atoms with E-state index >= 15 is 0 Å². The summed E-state index contributed by atoms with van der Waals surface area (Å²) in [7, 11) is 4.10. The quantitative estimate of drug-likeness (QED) is 0.287. The van der Waals surface area contributed by atoms with Crippen molar-refractivity contribution >= 4 is 35.8 Å². The van der Waals surface area contributed by atoms with Crippen LogP contribution in [0, 0.1) is 11.7 Å². The van der Waals surface area contributed by atoms with Gasteiger partial charge in [0, 0.05) is 30.6 Å². The van der Waals surface area contributed by atoms with E-state index in [9.17, 15) is 4.39 Å². The fraction of sp³-hybridized carbons (Fsp3) is 0.552. The van der Waals surface area contributed by atoms with Gasteiger partial charge in [-0.25, -0.2) is 4.39 Å². The van der Waals surface area contributed by atoms with Crippen LogP contribution in [-0.4, -0.2) is 61.4 Å². The Morgan fingerprint density at radius 2 is 1.82 bits per heavy atom. The fourth-order valence-electron chi connectivity index (χ4n) is 5.52. The monoisotopic (exact) mass is 567 g/mol. The molecule has 2 saturated heterocycles. The standard InChI is InChI=1S/C29H38FN3O3.2ClH/c1-32(2)19-27-22(20-35-24-9-7-23(30)8-10-24)6-11-26-28(31-36-29(26)27)12-5-21-13-15-33(16-14-21)18-25-4-3-17-34-25;;/h6-11,21,25H,3-5,12-20H2,1-2H3;2*1H. The summed E-state index contributed by atoms with van der Waals surface area (Å²) in [5.74, 6) is 1.12. The minimum absolute atomic E-state index is 0. The molecule has 38 heavy (non-hydrogen) atoms. The first-order chi connectivity index (χ1) is 17.5. The van der Waals surface area contributed by atoms with Crippen LogP contribution < -0.4 is 4.74 Å². The first-order valence-electron chi connectivity index (χ1n) is 13.3. The summed E-state index contributed by atoms with van der Waals surface area (Å²) in [6.45, 7) is 5.51. The van der Waals surface area contributed by atoms with Gasteiger partial charge >= 0.3 is 0 Å². The second kappa shape index (κ2) is 14.5. The van der Waals surface area contributed by atoms with E-state index < -0.39 is 0 Å². The van der Waals surface area contributed by atoms with Crippen LogP contribution in [0.2, 0.25) is 0 Å². The third kappa shape index (κ3) is 7.82. The summed E-state index contributed by atoms with van der Waals surface area (Å²) in [4.78, 5) is 4.71. The van der Waals surface area contributed by atoms with Gasteiger partial charge in [0.2, 0.25) is 0 Å². The number of fused-ring (bicyclic) bond motifs is 1. The van der Waals surface area contributed by atoms with Gasteiger partial charge in [0.15, 0.2) is 5.58 Å². The van der Waals surface area contributed by atoms with Crippen molar-refractivity contribution in [1.29, 1.82) is 0 Å². The summed E-state index contributed by atoms with van der Waals surface area (Å²) in [6.07, 6.45) is 7.47. The Morgan fingerprint density at radius 1 is 1.05 bits per heavy atom. The molecule has 5 rings (SSSR count). The normalized spacial score (nSPS) is 18.5. The van der Waals surface area contributed by atoms with Crippen molar-refractivity contribution in [2.24, 2.45) is 5.92 Å². The highest BCUT2D eigenvalue weighted by Gasteiger charge is 2.24. The molecule has 2 fully saturated rings. The molecule has 0 aliphatic carbocycles. The first kappa shape index (κ1) is 30.6. The van der Waals surface area contributed by atoms with Gasteiger partial charge < -0.3 is 23.8 Å². The fourth-order valence-corrected chi connectivity index (χ4v) is 5.52. The molecule has 0 saturated carbocycles. The van der Waals surface area contributed by atoms with Gasteiger partial charge in [-0.05, 0) is 108 Å². The van der Waals surface area contributed by atoms with Gasteiger partial charge in [-0.15, -0.1) is 24.8 Å². The molecule has 0 N–H and O–H groups in total. The first-order valence-corrected chi connectivity index (χ1v) is 13.3. The Kier molecular flexibility index (Phi) is 11.7. The molecule has 2 aliphatic heterocycles. The lowest BCUT2D eigenvalue weighted by molar-refractivity contribution is 0.0591. The van der Waals surface area contributed by atoms with E-state index in [1.165, 1.54) is 50.9 Å². The van der Waals surface area contributed by atoms with Crippen LogP contribution >= 0.6 is 24.8 Å². The summed E-state index contributed by atoms with van der Waals surface area (Å²) in [5.41, 5.74) is 4.06. The Labute approximate surface area is 237 Å². The molecule has 9 heteroatoms. The van der Waals surface area contributed by atoms with Crippen LogP contribution in [0.3, 0.4) is 0 Å². The number of aryl methyl sites for hydroxylation is 1. The van der Waals surface area contributed by atoms with Crippen LogP contribution in [0.25, 0.3) is 11.0 Å².